The standard InChI is InChI=1S/C15H18BrN3O3/c1-4-21-13-10-6-7-11(16)17-12(10)19(18-13)15(8-9(15)3)14(20)22-5-2/h6-7,9H,4-5,8H2,1-3H3/t9-,15-/m0/s1. The molecule has 0 radical (unpaired) electrons. The summed E-state index contributed by atoms with van der Waals surface area (Å²) in [6.45, 7) is 6.58. The van der Waals surface area contributed by atoms with Crippen molar-refractivity contribution in [1.29, 1.82) is 0 Å². The molecule has 3 rings (SSSR count). The highest BCUT2D eigenvalue weighted by Crippen LogP contribution is 2.52. The summed E-state index contributed by atoms with van der Waals surface area (Å²) in [5.74, 6) is 0.405. The summed E-state index contributed by atoms with van der Waals surface area (Å²) in [7, 11) is 0. The molecule has 0 bridgehead atoms. The molecule has 0 spiro atoms. The van der Waals surface area contributed by atoms with Crippen LogP contribution in [0.4, 0.5) is 0 Å². The number of hydrogen-bond donors (Lipinski definition) is 0. The smallest absolute Gasteiger partial charge is 0.334 e. The molecule has 0 aromatic carbocycles. The molecule has 2 heterocycles. The van der Waals surface area contributed by atoms with Crippen molar-refractivity contribution in [3.8, 4) is 5.88 Å². The largest absolute Gasteiger partial charge is 0.476 e. The third-order valence-corrected chi connectivity index (χ3v) is 4.47. The average Bonchev–Trinajstić information content (AvgIpc) is 3.04. The summed E-state index contributed by atoms with van der Waals surface area (Å²) >= 11 is 3.38. The van der Waals surface area contributed by atoms with E-state index < -0.39 is 5.54 Å². The second-order valence-corrected chi connectivity index (χ2v) is 6.22. The van der Waals surface area contributed by atoms with Gasteiger partial charge in [0.05, 0.1) is 18.6 Å². The van der Waals surface area contributed by atoms with Crippen molar-refractivity contribution in [2.75, 3.05) is 13.2 Å². The Hall–Kier alpha value is -1.63. The molecule has 1 saturated carbocycles. The molecular weight excluding hydrogens is 350 g/mol. The molecule has 0 saturated heterocycles. The van der Waals surface area contributed by atoms with Crippen molar-refractivity contribution in [3.63, 3.8) is 0 Å². The topological polar surface area (TPSA) is 66.2 Å². The number of carbonyl (C=O) groups excluding carboxylic acids is 1. The summed E-state index contributed by atoms with van der Waals surface area (Å²) in [5.41, 5.74) is -0.132. The predicted molar refractivity (Wildman–Crippen MR) is 84.8 cm³/mol. The van der Waals surface area contributed by atoms with Gasteiger partial charge in [0.15, 0.2) is 11.2 Å². The van der Waals surface area contributed by atoms with Crippen LogP contribution in [0.15, 0.2) is 16.7 Å². The number of rotatable bonds is 5. The summed E-state index contributed by atoms with van der Waals surface area (Å²) < 4.78 is 13.2. The minimum absolute atomic E-state index is 0.157. The molecule has 2 aromatic heterocycles. The van der Waals surface area contributed by atoms with E-state index in [9.17, 15) is 4.79 Å². The van der Waals surface area contributed by atoms with E-state index in [-0.39, 0.29) is 11.9 Å². The normalized spacial score (nSPS) is 23.5. The molecule has 7 heteroatoms. The van der Waals surface area contributed by atoms with Gasteiger partial charge in [0, 0.05) is 0 Å². The monoisotopic (exact) mass is 367 g/mol. The molecule has 6 nitrogen and oxygen atoms in total. The lowest BCUT2D eigenvalue weighted by atomic mass is 10.2. The highest BCUT2D eigenvalue weighted by molar-refractivity contribution is 9.10. The fourth-order valence-electron chi connectivity index (χ4n) is 2.80. The minimum Gasteiger partial charge on any atom is -0.476 e. The predicted octanol–water partition coefficient (Wildman–Crippen LogP) is 2.89. The molecular formula is C15H18BrN3O3. The molecule has 0 amide bonds. The van der Waals surface area contributed by atoms with Crippen molar-refractivity contribution in [3.05, 3.63) is 16.7 Å². The van der Waals surface area contributed by atoms with Crippen molar-refractivity contribution in [1.82, 2.24) is 14.8 Å². The van der Waals surface area contributed by atoms with Gasteiger partial charge in [-0.25, -0.2) is 14.5 Å². The number of hydrogen-bond acceptors (Lipinski definition) is 5. The molecule has 0 unspecified atom stereocenters. The lowest BCUT2D eigenvalue weighted by molar-refractivity contribution is -0.149. The van der Waals surface area contributed by atoms with E-state index in [1.165, 1.54) is 0 Å². The van der Waals surface area contributed by atoms with Gasteiger partial charge in [-0.3, -0.25) is 0 Å². The van der Waals surface area contributed by atoms with E-state index in [0.29, 0.717) is 35.8 Å². The maximum absolute atomic E-state index is 12.5. The van der Waals surface area contributed by atoms with E-state index in [1.807, 2.05) is 26.0 Å². The SMILES string of the molecule is CCOC(=O)[C@]1(n2nc(OCC)c3ccc(Br)nc32)C[C@@H]1C. The maximum atomic E-state index is 12.5. The lowest BCUT2D eigenvalue weighted by Crippen LogP contribution is -2.33. The van der Waals surface area contributed by atoms with E-state index in [2.05, 4.69) is 26.0 Å². The quantitative estimate of drug-likeness (QED) is 0.600. The van der Waals surface area contributed by atoms with Crippen LogP contribution in [0.1, 0.15) is 27.2 Å². The van der Waals surface area contributed by atoms with Crippen LogP contribution >= 0.6 is 15.9 Å². The third-order valence-electron chi connectivity index (χ3n) is 4.02. The molecule has 1 aliphatic carbocycles. The number of fused-ring (bicyclic) bond motifs is 1. The van der Waals surface area contributed by atoms with Gasteiger partial charge in [-0.15, -0.1) is 5.10 Å². The van der Waals surface area contributed by atoms with Crippen LogP contribution in [0.25, 0.3) is 11.0 Å². The van der Waals surface area contributed by atoms with Crippen LogP contribution in [0.5, 0.6) is 5.88 Å². The Morgan fingerprint density at radius 1 is 1.45 bits per heavy atom. The second kappa shape index (κ2) is 5.53. The Morgan fingerprint density at radius 3 is 2.77 bits per heavy atom. The highest BCUT2D eigenvalue weighted by Gasteiger charge is 2.62. The molecule has 2 aromatic rings. The van der Waals surface area contributed by atoms with Gasteiger partial charge in [0.25, 0.3) is 0 Å². The summed E-state index contributed by atoms with van der Waals surface area (Å²) in [5, 5.41) is 5.32. The zero-order valence-electron chi connectivity index (χ0n) is 12.8. The van der Waals surface area contributed by atoms with Crippen LogP contribution in [0.2, 0.25) is 0 Å². The molecule has 118 valence electrons. The van der Waals surface area contributed by atoms with Crippen molar-refractivity contribution < 1.29 is 14.3 Å². The first-order valence-electron chi connectivity index (χ1n) is 7.40. The van der Waals surface area contributed by atoms with Crippen molar-refractivity contribution in [2.45, 2.75) is 32.7 Å². The van der Waals surface area contributed by atoms with Gasteiger partial charge in [0.2, 0.25) is 5.88 Å². The summed E-state index contributed by atoms with van der Waals surface area (Å²) in [4.78, 5) is 17.0. The number of ether oxygens (including phenoxy) is 2. The zero-order valence-corrected chi connectivity index (χ0v) is 14.4. The van der Waals surface area contributed by atoms with Crippen LogP contribution < -0.4 is 4.74 Å². The molecule has 22 heavy (non-hydrogen) atoms. The Morgan fingerprint density at radius 2 is 2.18 bits per heavy atom. The van der Waals surface area contributed by atoms with Crippen molar-refractivity contribution >= 4 is 32.9 Å². The maximum Gasteiger partial charge on any atom is 0.334 e. The van der Waals surface area contributed by atoms with Gasteiger partial charge in [0.1, 0.15) is 4.60 Å². The Balaban J connectivity index is 2.17. The van der Waals surface area contributed by atoms with Crippen LogP contribution in [-0.2, 0) is 15.1 Å². The number of nitrogens with zero attached hydrogens (tertiary/aromatic N) is 3. The summed E-state index contributed by atoms with van der Waals surface area (Å²) in [6.07, 6.45) is 0.697. The number of aromatic nitrogens is 3. The zero-order chi connectivity index (χ0) is 15.9. The molecule has 0 N–H and O–H groups in total. The number of carbonyl (C=O) groups is 1. The van der Waals surface area contributed by atoms with Gasteiger partial charge in [-0.2, -0.15) is 0 Å². The first kappa shape index (κ1) is 15.3. The van der Waals surface area contributed by atoms with E-state index in [0.717, 1.165) is 5.39 Å². The molecule has 2 atom stereocenters. The van der Waals surface area contributed by atoms with Gasteiger partial charge in [-0.05, 0) is 54.2 Å². The molecule has 0 aliphatic heterocycles. The van der Waals surface area contributed by atoms with Gasteiger partial charge < -0.3 is 9.47 Å². The number of halogens is 1. The van der Waals surface area contributed by atoms with E-state index >= 15 is 0 Å². The van der Waals surface area contributed by atoms with Crippen LogP contribution in [0.3, 0.4) is 0 Å². The van der Waals surface area contributed by atoms with E-state index in [1.54, 1.807) is 11.6 Å². The van der Waals surface area contributed by atoms with Gasteiger partial charge >= 0.3 is 5.97 Å². The van der Waals surface area contributed by atoms with Crippen LogP contribution in [-0.4, -0.2) is 33.9 Å². The summed E-state index contributed by atoms with van der Waals surface area (Å²) in [6, 6.07) is 3.73. The molecule has 1 fully saturated rings. The van der Waals surface area contributed by atoms with Gasteiger partial charge in [-0.1, -0.05) is 6.92 Å². The second-order valence-electron chi connectivity index (χ2n) is 5.41. The first-order valence-corrected chi connectivity index (χ1v) is 8.19. The fourth-order valence-corrected chi connectivity index (χ4v) is 3.10. The number of pyridine rings is 1. The Kier molecular flexibility index (Phi) is 3.84. The minimum atomic E-state index is -0.766. The third kappa shape index (κ3) is 2.18. The Labute approximate surface area is 136 Å². The fraction of sp³-hybridized carbons (Fsp3) is 0.533. The number of esters is 1. The highest BCUT2D eigenvalue weighted by atomic mass is 79.9. The first-order chi connectivity index (χ1) is 10.5. The Bertz CT molecular complexity index is 730. The molecule has 1 aliphatic rings. The lowest BCUT2D eigenvalue weighted by Gasteiger charge is -2.16. The van der Waals surface area contributed by atoms with E-state index in [4.69, 9.17) is 9.47 Å². The van der Waals surface area contributed by atoms with Crippen LogP contribution in [0, 0.1) is 5.92 Å². The van der Waals surface area contributed by atoms with Crippen molar-refractivity contribution in [2.24, 2.45) is 5.92 Å². The average molecular weight is 368 g/mol.